The molecule has 8 rings (SSSR count). The monoisotopic (exact) mass is 758 g/mol. The Labute approximate surface area is 317 Å². The molecule has 4 aliphatic rings. The minimum Gasteiger partial charge on any atom is -0.461 e. The highest BCUT2D eigenvalue weighted by Gasteiger charge is 2.49. The summed E-state index contributed by atoms with van der Waals surface area (Å²) in [5, 5.41) is 2.40. The second-order valence-electron chi connectivity index (χ2n) is 14.3. The van der Waals surface area contributed by atoms with Gasteiger partial charge in [-0.05, 0) is 30.8 Å². The van der Waals surface area contributed by atoms with E-state index in [-0.39, 0.29) is 36.3 Å². The Morgan fingerprint density at radius 3 is 2.77 bits per heavy atom. The Morgan fingerprint density at radius 1 is 1.11 bits per heavy atom. The van der Waals surface area contributed by atoms with Crippen LogP contribution in [-0.4, -0.2) is 130 Å². The number of benzene rings is 2. The number of rotatable bonds is 9. The van der Waals surface area contributed by atoms with Crippen LogP contribution in [0.25, 0.3) is 37.8 Å². The summed E-state index contributed by atoms with van der Waals surface area (Å²) in [5.41, 5.74) is 0.216. The molecule has 0 spiro atoms. The molecule has 2 aromatic carbocycles. The molecule has 10 nitrogen and oxygen atoms in total. The summed E-state index contributed by atoms with van der Waals surface area (Å²) in [4.78, 5) is 39.4. The molecule has 4 aliphatic heterocycles. The van der Waals surface area contributed by atoms with Gasteiger partial charge in [-0.15, -0.1) is 0 Å². The van der Waals surface area contributed by atoms with E-state index in [0.717, 1.165) is 49.4 Å². The van der Waals surface area contributed by atoms with Crippen LogP contribution in [0.2, 0.25) is 5.02 Å². The molecule has 1 amide bonds. The van der Waals surface area contributed by atoms with Gasteiger partial charge in [-0.2, -0.15) is 21.7 Å². The molecule has 53 heavy (non-hydrogen) atoms. The minimum absolute atomic E-state index is 0.0117. The number of halogens is 3. The molecule has 0 bridgehead atoms. The Hall–Kier alpha value is -4.09. The lowest BCUT2D eigenvalue weighted by atomic mass is 9.95. The quantitative estimate of drug-likeness (QED) is 0.148. The van der Waals surface area contributed by atoms with Gasteiger partial charge in [0.15, 0.2) is 5.82 Å². The number of aromatic nitrogens is 3. The average Bonchev–Trinajstić information content (AvgIpc) is 3.70. The fourth-order valence-electron chi connectivity index (χ4n) is 8.44. The van der Waals surface area contributed by atoms with Gasteiger partial charge < -0.3 is 19.4 Å². The summed E-state index contributed by atoms with van der Waals surface area (Å²) >= 11 is 8.58. The first-order valence-corrected chi connectivity index (χ1v) is 19.8. The number of nitrogens with zero attached hydrogens (tertiary/aromatic N) is 8. The van der Waals surface area contributed by atoms with Crippen molar-refractivity contribution >= 4 is 56.8 Å². The maximum Gasteiger partial charge on any atom is 0.319 e. The third-order valence-electron chi connectivity index (χ3n) is 11.1. The van der Waals surface area contributed by atoms with Crippen molar-refractivity contribution in [2.75, 3.05) is 81.9 Å². The number of anilines is 1. The van der Waals surface area contributed by atoms with E-state index in [9.17, 15) is 9.18 Å². The van der Waals surface area contributed by atoms with Crippen LogP contribution in [0.1, 0.15) is 19.3 Å². The molecule has 3 atom stereocenters. The van der Waals surface area contributed by atoms with E-state index in [1.807, 2.05) is 47.0 Å². The third kappa shape index (κ3) is 7.14. The Morgan fingerprint density at radius 2 is 1.94 bits per heavy atom. The second kappa shape index (κ2) is 15.3. The number of carbonyl (C=O) groups is 1. The topological polar surface area (TPSA) is 82.3 Å². The van der Waals surface area contributed by atoms with Gasteiger partial charge in [-0.3, -0.25) is 19.6 Å². The van der Waals surface area contributed by atoms with E-state index in [4.69, 9.17) is 27.9 Å². The fourth-order valence-corrected chi connectivity index (χ4v) is 9.70. The zero-order valence-electron chi connectivity index (χ0n) is 29.4. The van der Waals surface area contributed by atoms with Crippen LogP contribution >= 0.6 is 23.4 Å². The van der Waals surface area contributed by atoms with Crippen molar-refractivity contribution in [3.8, 4) is 17.3 Å². The van der Waals surface area contributed by atoms with Gasteiger partial charge >= 0.3 is 6.01 Å². The Bertz CT molecular complexity index is 2090. The predicted molar refractivity (Wildman–Crippen MR) is 206 cm³/mol. The van der Waals surface area contributed by atoms with Gasteiger partial charge in [0.05, 0.1) is 10.9 Å². The molecule has 0 radical (unpaired) electrons. The number of alkyl halides is 1. The van der Waals surface area contributed by atoms with Crippen molar-refractivity contribution in [1.29, 1.82) is 0 Å². The lowest BCUT2D eigenvalue weighted by Crippen LogP contribution is -2.56. The largest absolute Gasteiger partial charge is 0.461 e. The summed E-state index contributed by atoms with van der Waals surface area (Å²) < 4.78 is 37.9. The normalized spacial score (nSPS) is 24.0. The van der Waals surface area contributed by atoms with Crippen LogP contribution in [0.5, 0.6) is 6.01 Å². The maximum atomic E-state index is 16.9. The molecule has 0 unspecified atom stereocenters. The van der Waals surface area contributed by atoms with E-state index in [1.54, 1.807) is 29.3 Å². The molecule has 0 N–H and O–H groups in total. The summed E-state index contributed by atoms with van der Waals surface area (Å²) in [6.45, 7) is 12.9. The van der Waals surface area contributed by atoms with Gasteiger partial charge in [-0.25, -0.2) is 15.4 Å². The van der Waals surface area contributed by atoms with Crippen molar-refractivity contribution < 1.29 is 18.3 Å². The standard InChI is InChI=1S/C39H41ClF2N8O2S/c1-43-21-28-24-48(14-15-50(28)32(51)10-4-12-47-16-18-53-19-17-47)37-30-22-44-35(29-8-2-6-26-7-3-9-31(40)33(26)29)34(42)36(30)45-38(46-37)52-25-39-11-5-13-49(39)23-27(41)20-39/h2-4,6-10,22,27-28H,5,11-21,23-25H2/b10-4+/t27-,28+,39+/m1/s1. The molecule has 276 valence electrons. The molecule has 14 heteroatoms. The van der Waals surface area contributed by atoms with E-state index in [0.29, 0.717) is 66.3 Å². The third-order valence-corrected chi connectivity index (χ3v) is 12.3. The zero-order valence-corrected chi connectivity index (χ0v) is 31.0. The van der Waals surface area contributed by atoms with Crippen molar-refractivity contribution in [1.82, 2.24) is 29.7 Å². The van der Waals surface area contributed by atoms with Crippen LogP contribution in [0.3, 0.4) is 0 Å². The average molecular weight is 759 g/mol. The van der Waals surface area contributed by atoms with Gasteiger partial charge in [0.25, 0.3) is 0 Å². The molecule has 4 saturated heterocycles. The Kier molecular flexibility index (Phi) is 10.4. The van der Waals surface area contributed by atoms with E-state index < -0.39 is 23.6 Å². The maximum absolute atomic E-state index is 16.9. The summed E-state index contributed by atoms with van der Waals surface area (Å²) in [6.07, 6.45) is 6.31. The number of hydrogen-bond acceptors (Lipinski definition) is 9. The first-order valence-electron chi connectivity index (χ1n) is 18.2. The van der Waals surface area contributed by atoms with Crippen LogP contribution in [-0.2, 0) is 4.79 Å². The highest BCUT2D eigenvalue weighted by Crippen LogP contribution is 2.41. The number of piperazine rings is 1. The first kappa shape index (κ1) is 35.9. The highest BCUT2D eigenvalue weighted by atomic mass is 35.5. The molecule has 6 heterocycles. The highest BCUT2D eigenvalue weighted by molar-refractivity contribution is 7.99. The van der Waals surface area contributed by atoms with Crippen LogP contribution in [0, 0.1) is 12.4 Å². The molecular formula is C39H41ClF2N8O2S. The first-order chi connectivity index (χ1) is 25.8. The molecule has 2 aromatic heterocycles. The van der Waals surface area contributed by atoms with Gasteiger partial charge in [-0.1, -0.05) is 48.0 Å². The summed E-state index contributed by atoms with van der Waals surface area (Å²) in [5.74, 6) is 1.83. The molecular weight excluding hydrogens is 718 g/mol. The SMILES string of the molecule is [C-]#[N+]C[C@H]1CN(c2nc(OC[C@@]34CCCN3C[C@H](F)C4)nc3c(F)c(-c4cccc5cccc(Cl)c45)ncc23)CCN1C(=O)/C=C/CN1CCSCC1. The van der Waals surface area contributed by atoms with Crippen molar-refractivity contribution in [3.63, 3.8) is 0 Å². The van der Waals surface area contributed by atoms with E-state index in [1.165, 1.54) is 0 Å². The lowest BCUT2D eigenvalue weighted by Gasteiger charge is -2.39. The Balaban J connectivity index is 1.13. The van der Waals surface area contributed by atoms with E-state index in [2.05, 4.69) is 24.6 Å². The number of hydrogen-bond donors (Lipinski definition) is 0. The number of carbonyl (C=O) groups excluding carboxylic acids is 1. The number of thioether (sulfide) groups is 1. The van der Waals surface area contributed by atoms with Gasteiger partial charge in [0, 0.05) is 92.0 Å². The van der Waals surface area contributed by atoms with Gasteiger partial charge in [0.1, 0.15) is 35.8 Å². The number of fused-ring (bicyclic) bond motifs is 3. The smallest absolute Gasteiger partial charge is 0.319 e. The van der Waals surface area contributed by atoms with Gasteiger partial charge in [0.2, 0.25) is 12.5 Å². The summed E-state index contributed by atoms with van der Waals surface area (Å²) in [6, 6.07) is 10.7. The summed E-state index contributed by atoms with van der Waals surface area (Å²) in [7, 11) is 0. The van der Waals surface area contributed by atoms with Crippen molar-refractivity contribution in [2.45, 2.75) is 37.0 Å². The molecule has 4 aromatic rings. The van der Waals surface area contributed by atoms with Crippen LogP contribution < -0.4 is 9.64 Å². The van der Waals surface area contributed by atoms with Crippen molar-refractivity contribution in [2.24, 2.45) is 0 Å². The van der Waals surface area contributed by atoms with Crippen LogP contribution in [0.15, 0.2) is 54.7 Å². The van der Waals surface area contributed by atoms with Crippen molar-refractivity contribution in [3.05, 3.63) is 77.0 Å². The number of amides is 1. The predicted octanol–water partition coefficient (Wildman–Crippen LogP) is 6.13. The molecule has 0 aliphatic carbocycles. The minimum atomic E-state index is -0.928. The van der Waals surface area contributed by atoms with Crippen LogP contribution in [0.4, 0.5) is 14.6 Å². The molecule has 4 fully saturated rings. The molecule has 0 saturated carbocycles. The number of pyridine rings is 1. The lowest BCUT2D eigenvalue weighted by molar-refractivity contribution is -0.128. The fraction of sp³-hybridized carbons (Fsp3) is 0.462. The number of ether oxygens (including phenoxy) is 1. The second-order valence-corrected chi connectivity index (χ2v) is 15.9. The zero-order chi connectivity index (χ0) is 36.5. The van der Waals surface area contributed by atoms with E-state index >= 15 is 4.39 Å².